The van der Waals surface area contributed by atoms with Crippen LogP contribution < -0.4 is 10.2 Å². The summed E-state index contributed by atoms with van der Waals surface area (Å²) in [6, 6.07) is 13.0. The van der Waals surface area contributed by atoms with E-state index in [0.29, 0.717) is 40.8 Å². The molecule has 0 saturated carbocycles. The lowest BCUT2D eigenvalue weighted by Crippen LogP contribution is -2.27. The highest BCUT2D eigenvalue weighted by molar-refractivity contribution is 9.10. The predicted molar refractivity (Wildman–Crippen MR) is 147 cm³/mol. The molecule has 0 atom stereocenters. The first-order chi connectivity index (χ1) is 17.4. The number of carboxylic acid groups (broad SMARTS) is 1. The Morgan fingerprint density at radius 2 is 1.89 bits per heavy atom. The quantitative estimate of drug-likeness (QED) is 0.272. The molecule has 10 heteroatoms. The molecule has 2 aromatic heterocycles. The number of nitrogens with zero attached hydrogens (tertiary/aromatic N) is 3. The number of carbonyl (C=O) groups excluding carboxylic acids is 1. The number of hydrogen-bond donors (Lipinski definition) is 2. The number of aromatic carboxylic acids is 1. The molecule has 37 heavy (non-hydrogen) atoms. The average molecular weight is 569 g/mol. The van der Waals surface area contributed by atoms with Crippen LogP contribution in [0.25, 0.3) is 22.3 Å². The number of carbonyl (C=O) groups is 2. The summed E-state index contributed by atoms with van der Waals surface area (Å²) in [6.45, 7) is 7.53. The molecule has 0 aliphatic rings. The number of carboxylic acids is 1. The van der Waals surface area contributed by atoms with Crippen molar-refractivity contribution in [3.05, 3.63) is 64.0 Å². The van der Waals surface area contributed by atoms with Crippen molar-refractivity contribution in [3.8, 4) is 11.3 Å². The van der Waals surface area contributed by atoms with E-state index in [2.05, 4.69) is 26.2 Å². The smallest absolute Gasteiger partial charge is 0.412 e. The fourth-order valence-corrected chi connectivity index (χ4v) is 4.64. The molecule has 0 radical (unpaired) electrons. The van der Waals surface area contributed by atoms with E-state index in [-0.39, 0.29) is 5.69 Å². The number of aryl methyl sites for hydroxylation is 1. The number of para-hydroxylation sites is 1. The topological polar surface area (TPSA) is 110 Å². The normalized spacial score (nSPS) is 11.5. The molecule has 194 valence electrons. The van der Waals surface area contributed by atoms with E-state index in [1.165, 1.54) is 0 Å². The molecule has 2 heterocycles. The van der Waals surface area contributed by atoms with Crippen molar-refractivity contribution < 1.29 is 23.8 Å². The van der Waals surface area contributed by atoms with E-state index in [4.69, 9.17) is 9.15 Å². The van der Waals surface area contributed by atoms with Crippen LogP contribution in [0.1, 0.15) is 42.6 Å². The van der Waals surface area contributed by atoms with Gasteiger partial charge < -0.3 is 23.7 Å². The zero-order valence-electron chi connectivity index (χ0n) is 21.5. The number of nitrogens with one attached hydrogen (secondary N) is 1. The number of furan rings is 1. The van der Waals surface area contributed by atoms with Gasteiger partial charge in [-0.1, -0.05) is 18.2 Å². The van der Waals surface area contributed by atoms with E-state index >= 15 is 0 Å². The Balaban J connectivity index is 1.71. The number of fused-ring (bicyclic) bond motifs is 1. The van der Waals surface area contributed by atoms with Crippen LogP contribution in [-0.4, -0.2) is 46.4 Å². The molecule has 4 rings (SSSR count). The Bertz CT molecular complexity index is 1500. The van der Waals surface area contributed by atoms with Gasteiger partial charge in [0.2, 0.25) is 0 Å². The minimum atomic E-state index is -1.04. The molecular formula is C27H29BrN4O5. The van der Waals surface area contributed by atoms with Crippen molar-refractivity contribution in [2.75, 3.05) is 24.3 Å². The van der Waals surface area contributed by atoms with Crippen molar-refractivity contribution in [2.45, 2.75) is 39.8 Å². The maximum Gasteiger partial charge on any atom is 0.412 e. The summed E-state index contributed by atoms with van der Waals surface area (Å²) >= 11 is 3.68. The van der Waals surface area contributed by atoms with Gasteiger partial charge in [0.15, 0.2) is 17.3 Å². The number of benzene rings is 2. The number of anilines is 2. The standard InChI is InChI=1S/C27H29BrN4O5/c1-15-29-24(31(5)6)22(25(33)34)32(15)14-16-11-12-20-18(13-16)21(28)23(36-20)17-9-7-8-10-19(17)30-26(35)37-27(2,3)4/h7-13H,14H2,1-6H3,(H,30,35)(H,33,34). The van der Waals surface area contributed by atoms with E-state index in [9.17, 15) is 14.7 Å². The number of imidazole rings is 1. The van der Waals surface area contributed by atoms with Gasteiger partial charge in [0.1, 0.15) is 17.0 Å². The van der Waals surface area contributed by atoms with Gasteiger partial charge in [0.05, 0.1) is 10.2 Å². The summed E-state index contributed by atoms with van der Waals surface area (Å²) in [5, 5.41) is 13.5. The van der Waals surface area contributed by atoms with Gasteiger partial charge in [0, 0.05) is 31.6 Å². The second-order valence-electron chi connectivity index (χ2n) is 9.87. The second-order valence-corrected chi connectivity index (χ2v) is 10.7. The van der Waals surface area contributed by atoms with Gasteiger partial charge in [-0.25, -0.2) is 14.6 Å². The fourth-order valence-electron chi connectivity index (χ4n) is 4.04. The van der Waals surface area contributed by atoms with Crippen molar-refractivity contribution in [3.63, 3.8) is 0 Å². The molecular weight excluding hydrogens is 540 g/mol. The van der Waals surface area contributed by atoms with Gasteiger partial charge in [-0.3, -0.25) is 5.32 Å². The van der Waals surface area contributed by atoms with Crippen molar-refractivity contribution in [1.29, 1.82) is 0 Å². The zero-order valence-corrected chi connectivity index (χ0v) is 23.1. The lowest BCUT2D eigenvalue weighted by Gasteiger charge is -2.20. The van der Waals surface area contributed by atoms with E-state index in [1.54, 1.807) is 57.3 Å². The van der Waals surface area contributed by atoms with Crippen molar-refractivity contribution in [2.24, 2.45) is 0 Å². The van der Waals surface area contributed by atoms with Crippen LogP contribution in [0.5, 0.6) is 0 Å². The van der Waals surface area contributed by atoms with Crippen LogP contribution >= 0.6 is 15.9 Å². The SMILES string of the molecule is Cc1nc(N(C)C)c(C(=O)O)n1Cc1ccc2oc(-c3ccccc3NC(=O)OC(C)(C)C)c(Br)c2c1. The van der Waals surface area contributed by atoms with Crippen LogP contribution in [0.2, 0.25) is 0 Å². The molecule has 0 saturated heterocycles. The third-order valence-electron chi connectivity index (χ3n) is 5.61. The van der Waals surface area contributed by atoms with E-state index in [1.807, 2.05) is 36.4 Å². The molecule has 1 amide bonds. The number of hydrogen-bond acceptors (Lipinski definition) is 6. The summed E-state index contributed by atoms with van der Waals surface area (Å²) in [6.07, 6.45) is -0.559. The van der Waals surface area contributed by atoms with Crippen LogP contribution in [0.15, 0.2) is 51.4 Å². The Kier molecular flexibility index (Phi) is 7.05. The van der Waals surface area contributed by atoms with Gasteiger partial charge in [-0.2, -0.15) is 0 Å². The Hall–Kier alpha value is -3.79. The van der Waals surface area contributed by atoms with E-state index < -0.39 is 17.7 Å². The first-order valence-electron chi connectivity index (χ1n) is 11.6. The first kappa shape index (κ1) is 26.3. The molecule has 9 nitrogen and oxygen atoms in total. The highest BCUT2D eigenvalue weighted by atomic mass is 79.9. The van der Waals surface area contributed by atoms with E-state index in [0.717, 1.165) is 15.4 Å². The Morgan fingerprint density at radius 3 is 2.54 bits per heavy atom. The molecule has 0 unspecified atom stereocenters. The number of amides is 1. The van der Waals surface area contributed by atoms with Gasteiger partial charge in [-0.15, -0.1) is 0 Å². The lowest BCUT2D eigenvalue weighted by molar-refractivity contribution is 0.0633. The van der Waals surface area contributed by atoms with Crippen molar-refractivity contribution in [1.82, 2.24) is 9.55 Å². The number of halogens is 1. The number of ether oxygens (including phenoxy) is 1. The summed E-state index contributed by atoms with van der Waals surface area (Å²) in [7, 11) is 3.54. The third-order valence-corrected chi connectivity index (χ3v) is 6.39. The minimum absolute atomic E-state index is 0.136. The van der Waals surface area contributed by atoms with Gasteiger partial charge >= 0.3 is 12.1 Å². The van der Waals surface area contributed by atoms with Crippen LogP contribution in [0, 0.1) is 6.92 Å². The second kappa shape index (κ2) is 9.93. The molecule has 0 bridgehead atoms. The molecule has 0 aliphatic heterocycles. The Labute approximate surface area is 223 Å². The van der Waals surface area contributed by atoms with Gasteiger partial charge in [-0.05, 0) is 73.5 Å². The summed E-state index contributed by atoms with van der Waals surface area (Å²) < 4.78 is 14.0. The zero-order chi connectivity index (χ0) is 27.1. The summed E-state index contributed by atoms with van der Waals surface area (Å²) in [4.78, 5) is 30.6. The highest BCUT2D eigenvalue weighted by Crippen LogP contribution is 2.41. The predicted octanol–water partition coefficient (Wildman–Crippen LogP) is 6.53. The number of aromatic nitrogens is 2. The maximum absolute atomic E-state index is 12.4. The summed E-state index contributed by atoms with van der Waals surface area (Å²) in [5.41, 5.74) is 2.27. The fraction of sp³-hybridized carbons (Fsp3) is 0.296. The first-order valence-corrected chi connectivity index (χ1v) is 12.4. The van der Waals surface area contributed by atoms with Crippen LogP contribution in [0.3, 0.4) is 0 Å². The largest absolute Gasteiger partial charge is 0.476 e. The lowest BCUT2D eigenvalue weighted by atomic mass is 10.1. The molecule has 4 aromatic rings. The number of rotatable bonds is 6. The van der Waals surface area contributed by atoms with Crippen LogP contribution in [-0.2, 0) is 11.3 Å². The third kappa shape index (κ3) is 5.48. The Morgan fingerprint density at radius 1 is 1.19 bits per heavy atom. The monoisotopic (exact) mass is 568 g/mol. The minimum Gasteiger partial charge on any atom is -0.476 e. The average Bonchev–Trinajstić information content (AvgIpc) is 3.30. The molecule has 2 aromatic carbocycles. The van der Waals surface area contributed by atoms with Crippen molar-refractivity contribution >= 4 is 50.5 Å². The van der Waals surface area contributed by atoms with Crippen LogP contribution in [0.4, 0.5) is 16.3 Å². The molecule has 2 N–H and O–H groups in total. The maximum atomic E-state index is 12.4. The molecule has 0 aliphatic carbocycles. The molecule has 0 fully saturated rings. The highest BCUT2D eigenvalue weighted by Gasteiger charge is 2.24. The summed E-state index contributed by atoms with van der Waals surface area (Å²) in [5.74, 6) is 0.534. The molecule has 0 spiro atoms. The van der Waals surface area contributed by atoms with Gasteiger partial charge in [0.25, 0.3) is 0 Å².